The predicted molar refractivity (Wildman–Crippen MR) is 55.9 cm³/mol. The average Bonchev–Trinajstić information content (AvgIpc) is 2.66. The third-order valence-electron chi connectivity index (χ3n) is 2.74. The Bertz CT molecular complexity index is 427. The summed E-state index contributed by atoms with van der Waals surface area (Å²) in [5.74, 6) is -0.691. The second kappa shape index (κ2) is 3.71. The molecule has 6 nitrogen and oxygen atoms in total. The Morgan fingerprint density at radius 3 is 2.94 bits per heavy atom. The first kappa shape index (κ1) is 10.8. The Balaban J connectivity index is 2.37. The van der Waals surface area contributed by atoms with Crippen LogP contribution in [-0.2, 0) is 10.3 Å². The zero-order valence-electron chi connectivity index (χ0n) is 8.93. The van der Waals surface area contributed by atoms with E-state index in [0.29, 0.717) is 12.4 Å². The van der Waals surface area contributed by atoms with Crippen molar-refractivity contribution in [3.05, 3.63) is 17.6 Å². The Morgan fingerprint density at radius 2 is 2.44 bits per heavy atom. The van der Waals surface area contributed by atoms with E-state index >= 15 is 0 Å². The maximum Gasteiger partial charge on any atom is 0.341 e. The van der Waals surface area contributed by atoms with Gasteiger partial charge in [0, 0.05) is 12.8 Å². The molecule has 0 saturated carbocycles. The van der Waals surface area contributed by atoms with Gasteiger partial charge in [-0.1, -0.05) is 0 Å². The molecule has 1 fully saturated rings. The minimum atomic E-state index is -1.12. The number of nitrogen functional groups attached to an aromatic ring is 1. The standard InChI is InChI=1S/C10H13N3O3/c1-10(3-2-4-16-10)9-12-5-6(8(14)15)7(11)13-9/h5H,2-4H2,1H3,(H,14,15)(H2,11,12,13). The SMILES string of the molecule is CC1(c2ncc(C(=O)O)c(N)n2)CCCO1. The molecule has 1 atom stereocenters. The van der Waals surface area contributed by atoms with E-state index in [4.69, 9.17) is 15.6 Å². The summed E-state index contributed by atoms with van der Waals surface area (Å²) in [5, 5.41) is 8.79. The number of aromatic nitrogens is 2. The second-order valence-electron chi connectivity index (χ2n) is 3.98. The minimum Gasteiger partial charge on any atom is -0.477 e. The molecule has 1 aromatic rings. The number of hydrogen-bond acceptors (Lipinski definition) is 5. The number of nitrogens with two attached hydrogens (primary N) is 1. The molecule has 0 amide bonds. The molecule has 2 heterocycles. The van der Waals surface area contributed by atoms with E-state index in [2.05, 4.69) is 9.97 Å². The summed E-state index contributed by atoms with van der Waals surface area (Å²) in [4.78, 5) is 18.8. The summed E-state index contributed by atoms with van der Waals surface area (Å²) in [6.07, 6.45) is 2.99. The number of nitrogens with zero attached hydrogens (tertiary/aromatic N) is 2. The normalized spacial score (nSPS) is 24.6. The van der Waals surface area contributed by atoms with Crippen molar-refractivity contribution in [2.75, 3.05) is 12.3 Å². The lowest BCUT2D eigenvalue weighted by atomic mass is 10.0. The molecule has 6 heteroatoms. The first-order chi connectivity index (χ1) is 7.53. The maximum absolute atomic E-state index is 10.7. The van der Waals surface area contributed by atoms with Gasteiger partial charge < -0.3 is 15.6 Å². The molecule has 2 rings (SSSR count). The van der Waals surface area contributed by atoms with Gasteiger partial charge in [-0.3, -0.25) is 0 Å². The fourth-order valence-electron chi connectivity index (χ4n) is 1.77. The average molecular weight is 223 g/mol. The summed E-state index contributed by atoms with van der Waals surface area (Å²) in [7, 11) is 0. The van der Waals surface area contributed by atoms with Crippen molar-refractivity contribution >= 4 is 11.8 Å². The van der Waals surface area contributed by atoms with Crippen LogP contribution in [-0.4, -0.2) is 27.7 Å². The topological polar surface area (TPSA) is 98.3 Å². The molecular formula is C10H13N3O3. The third-order valence-corrected chi connectivity index (χ3v) is 2.74. The molecule has 0 bridgehead atoms. The quantitative estimate of drug-likeness (QED) is 0.768. The number of hydrogen-bond donors (Lipinski definition) is 2. The number of rotatable bonds is 2. The van der Waals surface area contributed by atoms with Crippen molar-refractivity contribution in [2.24, 2.45) is 0 Å². The van der Waals surface area contributed by atoms with E-state index in [1.165, 1.54) is 6.20 Å². The molecule has 0 aromatic carbocycles. The van der Waals surface area contributed by atoms with Crippen LogP contribution < -0.4 is 5.73 Å². The molecule has 16 heavy (non-hydrogen) atoms. The first-order valence-electron chi connectivity index (χ1n) is 5.03. The molecule has 0 spiro atoms. The molecule has 1 aliphatic rings. The lowest BCUT2D eigenvalue weighted by molar-refractivity contribution is 0.00935. The van der Waals surface area contributed by atoms with Gasteiger partial charge in [-0.2, -0.15) is 0 Å². The summed E-state index contributed by atoms with van der Waals surface area (Å²) in [6, 6.07) is 0. The number of aromatic carboxylic acids is 1. The Labute approximate surface area is 92.5 Å². The molecule has 0 aliphatic carbocycles. The van der Waals surface area contributed by atoms with Crippen molar-refractivity contribution in [3.8, 4) is 0 Å². The Morgan fingerprint density at radius 1 is 1.69 bits per heavy atom. The van der Waals surface area contributed by atoms with Gasteiger partial charge in [-0.05, 0) is 19.8 Å². The van der Waals surface area contributed by atoms with Gasteiger partial charge in [0.15, 0.2) is 5.82 Å². The van der Waals surface area contributed by atoms with Crippen molar-refractivity contribution in [1.82, 2.24) is 9.97 Å². The van der Waals surface area contributed by atoms with E-state index in [1.807, 2.05) is 6.92 Å². The largest absolute Gasteiger partial charge is 0.477 e. The van der Waals surface area contributed by atoms with Crippen molar-refractivity contribution in [3.63, 3.8) is 0 Å². The highest BCUT2D eigenvalue weighted by Crippen LogP contribution is 2.33. The monoisotopic (exact) mass is 223 g/mol. The number of carbonyl (C=O) groups is 1. The van der Waals surface area contributed by atoms with Crippen LogP contribution in [0.1, 0.15) is 35.9 Å². The van der Waals surface area contributed by atoms with Crippen LogP contribution in [0, 0.1) is 0 Å². The van der Waals surface area contributed by atoms with Gasteiger partial charge in [0.2, 0.25) is 0 Å². The van der Waals surface area contributed by atoms with Crippen LogP contribution in [0.2, 0.25) is 0 Å². The van der Waals surface area contributed by atoms with Gasteiger partial charge in [-0.15, -0.1) is 0 Å². The highest BCUT2D eigenvalue weighted by atomic mass is 16.5. The van der Waals surface area contributed by atoms with Crippen molar-refractivity contribution in [2.45, 2.75) is 25.4 Å². The highest BCUT2D eigenvalue weighted by Gasteiger charge is 2.35. The molecule has 1 unspecified atom stereocenters. The molecule has 1 aliphatic heterocycles. The Kier molecular flexibility index (Phi) is 2.51. The smallest absolute Gasteiger partial charge is 0.341 e. The van der Waals surface area contributed by atoms with Gasteiger partial charge in [0.1, 0.15) is 17.0 Å². The van der Waals surface area contributed by atoms with Crippen LogP contribution >= 0.6 is 0 Å². The molecule has 1 aromatic heterocycles. The minimum absolute atomic E-state index is 0.0192. The van der Waals surface area contributed by atoms with Crippen LogP contribution in [0.25, 0.3) is 0 Å². The summed E-state index contributed by atoms with van der Waals surface area (Å²) < 4.78 is 5.55. The van der Waals surface area contributed by atoms with Gasteiger partial charge in [0.25, 0.3) is 0 Å². The maximum atomic E-state index is 10.7. The molecule has 3 N–H and O–H groups in total. The highest BCUT2D eigenvalue weighted by molar-refractivity contribution is 5.92. The van der Waals surface area contributed by atoms with Gasteiger partial charge in [0.05, 0.1) is 0 Å². The van der Waals surface area contributed by atoms with Gasteiger partial charge >= 0.3 is 5.97 Å². The summed E-state index contributed by atoms with van der Waals surface area (Å²) in [5.41, 5.74) is 4.95. The predicted octanol–water partition coefficient (Wildman–Crippen LogP) is 0.783. The molecular weight excluding hydrogens is 210 g/mol. The third kappa shape index (κ3) is 1.71. The van der Waals surface area contributed by atoms with Crippen molar-refractivity contribution < 1.29 is 14.6 Å². The fourth-order valence-corrected chi connectivity index (χ4v) is 1.77. The van der Waals surface area contributed by atoms with E-state index in [-0.39, 0.29) is 11.4 Å². The summed E-state index contributed by atoms with van der Waals surface area (Å²) >= 11 is 0. The number of ether oxygens (including phenoxy) is 1. The van der Waals surface area contributed by atoms with E-state index in [0.717, 1.165) is 12.8 Å². The number of carboxylic acids is 1. The zero-order valence-corrected chi connectivity index (χ0v) is 8.93. The van der Waals surface area contributed by atoms with E-state index < -0.39 is 11.6 Å². The molecule has 0 radical (unpaired) electrons. The van der Waals surface area contributed by atoms with E-state index in [1.54, 1.807) is 0 Å². The molecule has 1 saturated heterocycles. The van der Waals surface area contributed by atoms with E-state index in [9.17, 15) is 4.79 Å². The lowest BCUT2D eigenvalue weighted by Crippen LogP contribution is -2.24. The molecule has 86 valence electrons. The van der Waals surface area contributed by atoms with Crippen LogP contribution in [0.3, 0.4) is 0 Å². The second-order valence-corrected chi connectivity index (χ2v) is 3.98. The van der Waals surface area contributed by atoms with Crippen LogP contribution in [0.5, 0.6) is 0 Å². The van der Waals surface area contributed by atoms with Gasteiger partial charge in [-0.25, -0.2) is 14.8 Å². The first-order valence-corrected chi connectivity index (χ1v) is 5.03. The summed E-state index contributed by atoms with van der Waals surface area (Å²) in [6.45, 7) is 2.55. The number of anilines is 1. The van der Waals surface area contributed by atoms with Crippen molar-refractivity contribution in [1.29, 1.82) is 0 Å². The fraction of sp³-hybridized carbons (Fsp3) is 0.500. The zero-order chi connectivity index (χ0) is 11.8. The van der Waals surface area contributed by atoms with Crippen LogP contribution in [0.4, 0.5) is 5.82 Å². The number of carboxylic acid groups (broad SMARTS) is 1. The van der Waals surface area contributed by atoms with Crippen LogP contribution in [0.15, 0.2) is 6.20 Å². The Hall–Kier alpha value is -1.69. The lowest BCUT2D eigenvalue weighted by Gasteiger charge is -2.21.